The summed E-state index contributed by atoms with van der Waals surface area (Å²) in [7, 11) is 0. The van der Waals surface area contributed by atoms with E-state index in [1.54, 1.807) is 18.2 Å². The van der Waals surface area contributed by atoms with Gasteiger partial charge in [0.05, 0.1) is 5.56 Å². The van der Waals surface area contributed by atoms with Crippen molar-refractivity contribution in [2.24, 2.45) is 0 Å². The molecule has 0 bridgehead atoms. The van der Waals surface area contributed by atoms with E-state index >= 15 is 0 Å². The van der Waals surface area contributed by atoms with E-state index < -0.39 is 0 Å². The fourth-order valence-corrected chi connectivity index (χ4v) is 2.84. The van der Waals surface area contributed by atoms with Crippen molar-refractivity contribution in [1.29, 1.82) is 5.26 Å². The van der Waals surface area contributed by atoms with Gasteiger partial charge in [-0.05, 0) is 23.6 Å². The smallest absolute Gasteiger partial charge is 0.169 e. The maximum absolute atomic E-state index is 8.99. The van der Waals surface area contributed by atoms with Gasteiger partial charge < -0.3 is 4.74 Å². The highest BCUT2D eigenvalue weighted by atomic mass is 35.5. The summed E-state index contributed by atoms with van der Waals surface area (Å²) in [6.45, 7) is 0.173. The van der Waals surface area contributed by atoms with Crippen molar-refractivity contribution in [3.63, 3.8) is 0 Å². The highest BCUT2D eigenvalue weighted by Crippen LogP contribution is 2.25. The maximum Gasteiger partial charge on any atom is 0.169 e. The van der Waals surface area contributed by atoms with E-state index in [1.807, 2.05) is 17.5 Å². The molecule has 0 N–H and O–H groups in total. The molecule has 0 radical (unpaired) electrons. The normalized spacial score (nSPS) is 10.4. The molecule has 0 saturated carbocycles. The predicted molar refractivity (Wildman–Crippen MR) is 77.9 cm³/mol. The van der Waals surface area contributed by atoms with Crippen LogP contribution >= 0.6 is 22.9 Å². The number of halogens is 1. The number of rotatable bonds is 3. The van der Waals surface area contributed by atoms with Crippen LogP contribution in [0.3, 0.4) is 0 Å². The summed E-state index contributed by atoms with van der Waals surface area (Å²) in [5, 5.41) is 12.2. The second-order valence-corrected chi connectivity index (χ2v) is 5.22. The third kappa shape index (κ3) is 2.44. The molecule has 98 valence electrons. The van der Waals surface area contributed by atoms with Crippen molar-refractivity contribution in [3.8, 4) is 11.8 Å². The Labute approximate surface area is 124 Å². The number of nitriles is 1. The fourth-order valence-electron chi connectivity index (χ4n) is 1.75. The van der Waals surface area contributed by atoms with E-state index in [0.717, 1.165) is 10.2 Å². The molecule has 20 heavy (non-hydrogen) atoms. The van der Waals surface area contributed by atoms with Crippen LogP contribution in [0.5, 0.6) is 5.75 Å². The Balaban J connectivity index is 1.85. The van der Waals surface area contributed by atoms with Gasteiger partial charge in [0.15, 0.2) is 5.82 Å². The average Bonchev–Trinajstić information content (AvgIpc) is 2.94. The first-order valence-corrected chi connectivity index (χ1v) is 7.05. The minimum atomic E-state index is 0.173. The minimum absolute atomic E-state index is 0.173. The molecular weight excluding hydrogens is 294 g/mol. The minimum Gasteiger partial charge on any atom is -0.484 e. The molecular formula is C14H8ClN3OS. The van der Waals surface area contributed by atoms with Gasteiger partial charge in [-0.25, -0.2) is 9.97 Å². The maximum atomic E-state index is 8.99. The van der Waals surface area contributed by atoms with Crippen LogP contribution in [-0.2, 0) is 6.61 Å². The van der Waals surface area contributed by atoms with Crippen LogP contribution in [0.15, 0.2) is 35.7 Å². The zero-order valence-electron chi connectivity index (χ0n) is 10.2. The molecule has 0 saturated heterocycles. The Kier molecular flexibility index (Phi) is 3.50. The van der Waals surface area contributed by atoms with Gasteiger partial charge in [0.25, 0.3) is 0 Å². The lowest BCUT2D eigenvalue weighted by molar-refractivity contribution is 0.295. The van der Waals surface area contributed by atoms with Gasteiger partial charge in [-0.2, -0.15) is 5.26 Å². The Bertz CT molecular complexity index is 810. The largest absolute Gasteiger partial charge is 0.484 e. The molecule has 6 heteroatoms. The Morgan fingerprint density at radius 1 is 1.25 bits per heavy atom. The molecule has 0 unspecified atom stereocenters. The Hall–Kier alpha value is -2.16. The highest BCUT2D eigenvalue weighted by Gasteiger charge is 2.08. The predicted octanol–water partition coefficient (Wildman–Crippen LogP) is 3.80. The van der Waals surface area contributed by atoms with Crippen LogP contribution in [0.1, 0.15) is 11.4 Å². The molecule has 0 amide bonds. The number of para-hydroxylation sites is 1. The third-order valence-corrected chi connectivity index (χ3v) is 3.78. The van der Waals surface area contributed by atoms with Crippen molar-refractivity contribution in [3.05, 3.63) is 52.3 Å². The van der Waals surface area contributed by atoms with Crippen LogP contribution in [0.25, 0.3) is 10.2 Å². The SMILES string of the molecule is N#Cc1ccccc1OCc1nc(Cl)c2ccsc2n1. The molecule has 2 heterocycles. The van der Waals surface area contributed by atoms with Gasteiger partial charge >= 0.3 is 0 Å². The van der Waals surface area contributed by atoms with Gasteiger partial charge in [0.1, 0.15) is 28.4 Å². The fraction of sp³-hybridized carbons (Fsp3) is 0.0714. The standard InChI is InChI=1S/C14H8ClN3OS/c15-13-10-5-6-20-14(10)18-12(17-13)8-19-11-4-2-1-3-9(11)7-16/h1-6H,8H2. The van der Waals surface area contributed by atoms with Gasteiger partial charge in [0, 0.05) is 5.39 Å². The molecule has 1 aromatic carbocycles. The van der Waals surface area contributed by atoms with Crippen molar-refractivity contribution >= 4 is 33.2 Å². The Morgan fingerprint density at radius 3 is 2.95 bits per heavy atom. The van der Waals surface area contributed by atoms with Gasteiger partial charge in [-0.1, -0.05) is 23.7 Å². The molecule has 0 fully saturated rings. The molecule has 0 aliphatic heterocycles. The second-order valence-electron chi connectivity index (χ2n) is 3.97. The number of nitrogens with zero attached hydrogens (tertiary/aromatic N) is 3. The molecule has 4 nitrogen and oxygen atoms in total. The summed E-state index contributed by atoms with van der Waals surface area (Å²) in [6, 6.07) is 11.0. The topological polar surface area (TPSA) is 58.8 Å². The average molecular weight is 302 g/mol. The lowest BCUT2D eigenvalue weighted by atomic mass is 10.2. The van der Waals surface area contributed by atoms with E-state index in [4.69, 9.17) is 21.6 Å². The number of fused-ring (bicyclic) bond motifs is 1. The number of thiophene rings is 1. The first-order valence-electron chi connectivity index (χ1n) is 5.79. The molecule has 0 spiro atoms. The number of hydrogen-bond donors (Lipinski definition) is 0. The summed E-state index contributed by atoms with van der Waals surface area (Å²) in [4.78, 5) is 9.41. The van der Waals surface area contributed by atoms with E-state index in [0.29, 0.717) is 22.3 Å². The first-order chi connectivity index (χ1) is 9.78. The van der Waals surface area contributed by atoms with E-state index in [9.17, 15) is 0 Å². The van der Waals surface area contributed by atoms with Crippen molar-refractivity contribution < 1.29 is 4.74 Å². The lowest BCUT2D eigenvalue weighted by Crippen LogP contribution is -2.02. The quantitative estimate of drug-likeness (QED) is 0.690. The summed E-state index contributed by atoms with van der Waals surface area (Å²) < 4.78 is 5.59. The zero-order chi connectivity index (χ0) is 13.9. The summed E-state index contributed by atoms with van der Waals surface area (Å²) in [6.07, 6.45) is 0. The van der Waals surface area contributed by atoms with E-state index in [-0.39, 0.29) is 6.61 Å². The molecule has 0 atom stereocenters. The molecule has 0 aliphatic carbocycles. The van der Waals surface area contributed by atoms with Gasteiger partial charge in [-0.15, -0.1) is 11.3 Å². The molecule has 2 aromatic heterocycles. The van der Waals surface area contributed by atoms with Crippen molar-refractivity contribution in [2.75, 3.05) is 0 Å². The summed E-state index contributed by atoms with van der Waals surface area (Å²) in [5.41, 5.74) is 0.482. The lowest BCUT2D eigenvalue weighted by Gasteiger charge is -2.07. The van der Waals surface area contributed by atoms with Crippen LogP contribution in [-0.4, -0.2) is 9.97 Å². The first kappa shape index (κ1) is 12.9. The van der Waals surface area contributed by atoms with Crippen molar-refractivity contribution in [1.82, 2.24) is 9.97 Å². The highest BCUT2D eigenvalue weighted by molar-refractivity contribution is 7.16. The van der Waals surface area contributed by atoms with Gasteiger partial charge in [0.2, 0.25) is 0 Å². The monoisotopic (exact) mass is 301 g/mol. The van der Waals surface area contributed by atoms with Gasteiger partial charge in [-0.3, -0.25) is 0 Å². The molecule has 3 rings (SSSR count). The number of ether oxygens (including phenoxy) is 1. The summed E-state index contributed by atoms with van der Waals surface area (Å²) in [5.74, 6) is 1.01. The number of benzene rings is 1. The Morgan fingerprint density at radius 2 is 2.10 bits per heavy atom. The number of hydrogen-bond acceptors (Lipinski definition) is 5. The van der Waals surface area contributed by atoms with Crippen molar-refractivity contribution in [2.45, 2.75) is 6.61 Å². The summed E-state index contributed by atoms with van der Waals surface area (Å²) >= 11 is 7.59. The van der Waals surface area contributed by atoms with E-state index in [2.05, 4.69) is 16.0 Å². The zero-order valence-corrected chi connectivity index (χ0v) is 11.8. The number of aromatic nitrogens is 2. The van der Waals surface area contributed by atoms with Crippen LogP contribution in [0.2, 0.25) is 5.15 Å². The second kappa shape index (κ2) is 5.45. The molecule has 3 aromatic rings. The van der Waals surface area contributed by atoms with Crippen LogP contribution in [0.4, 0.5) is 0 Å². The van der Waals surface area contributed by atoms with Crippen LogP contribution < -0.4 is 4.74 Å². The third-order valence-electron chi connectivity index (χ3n) is 2.69. The van der Waals surface area contributed by atoms with Crippen LogP contribution in [0, 0.1) is 11.3 Å². The molecule has 0 aliphatic rings. The van der Waals surface area contributed by atoms with E-state index in [1.165, 1.54) is 11.3 Å².